The van der Waals surface area contributed by atoms with Crippen LogP contribution in [0.15, 0.2) is 95.2 Å². The summed E-state index contributed by atoms with van der Waals surface area (Å²) in [7, 11) is 3.22. The Bertz CT molecular complexity index is 1220. The third-order valence-electron chi connectivity index (χ3n) is 6.14. The number of allylic oxidation sites excluding steroid dienone is 1. The van der Waals surface area contributed by atoms with Gasteiger partial charge in [0.05, 0.1) is 25.5 Å². The molecule has 3 aromatic carbocycles. The number of aliphatic hydroxyl groups is 1. The molecule has 0 bridgehead atoms. The molecular formula is C29H30N2O4. The second-order valence-corrected chi connectivity index (χ2v) is 8.43. The number of anilines is 1. The number of nitrogens with zero attached hydrogens (tertiary/aromatic N) is 1. The zero-order valence-electron chi connectivity index (χ0n) is 20.0. The second-order valence-electron chi connectivity index (χ2n) is 8.43. The highest BCUT2D eigenvalue weighted by Gasteiger charge is 2.31. The zero-order valence-corrected chi connectivity index (χ0v) is 20.0. The third kappa shape index (κ3) is 5.90. The first-order valence-corrected chi connectivity index (χ1v) is 11.7. The van der Waals surface area contributed by atoms with Crippen LogP contribution in [-0.4, -0.2) is 37.5 Å². The second kappa shape index (κ2) is 11.4. The highest BCUT2D eigenvalue weighted by atomic mass is 16.5. The smallest absolute Gasteiger partial charge is 0.260 e. The Morgan fingerprint density at radius 1 is 0.943 bits per heavy atom. The minimum absolute atomic E-state index is 0.0595. The van der Waals surface area contributed by atoms with Gasteiger partial charge in [0.1, 0.15) is 5.76 Å². The number of aliphatic imine (C=N–C) groups is 1. The Kier molecular flexibility index (Phi) is 7.83. The molecule has 1 aliphatic carbocycles. The molecule has 0 aliphatic heterocycles. The molecule has 0 saturated carbocycles. The molecule has 0 fully saturated rings. The fourth-order valence-electron chi connectivity index (χ4n) is 4.35. The van der Waals surface area contributed by atoms with Crippen LogP contribution in [0.2, 0.25) is 0 Å². The lowest BCUT2D eigenvalue weighted by molar-refractivity contribution is -0.112. The molecule has 180 valence electrons. The molecule has 1 atom stereocenters. The first-order valence-electron chi connectivity index (χ1n) is 11.7. The van der Waals surface area contributed by atoms with Gasteiger partial charge in [0.15, 0.2) is 11.5 Å². The molecule has 0 unspecified atom stereocenters. The summed E-state index contributed by atoms with van der Waals surface area (Å²) in [5, 5.41) is 13.9. The van der Waals surface area contributed by atoms with E-state index in [2.05, 4.69) is 5.32 Å². The molecule has 0 heterocycles. The number of benzene rings is 3. The van der Waals surface area contributed by atoms with Crippen molar-refractivity contribution in [2.75, 3.05) is 26.1 Å². The fourth-order valence-corrected chi connectivity index (χ4v) is 4.35. The molecule has 1 amide bonds. The summed E-state index contributed by atoms with van der Waals surface area (Å²) in [6, 6.07) is 25.1. The van der Waals surface area contributed by atoms with Crippen LogP contribution in [0.1, 0.15) is 29.9 Å². The highest BCUT2D eigenvalue weighted by molar-refractivity contribution is 6.26. The quantitative estimate of drug-likeness (QED) is 0.442. The molecule has 0 spiro atoms. The Labute approximate surface area is 205 Å². The lowest BCUT2D eigenvalue weighted by Gasteiger charge is -2.26. The number of carbonyl (C=O) groups excluding carboxylic acids is 1. The van der Waals surface area contributed by atoms with Crippen molar-refractivity contribution < 1.29 is 19.4 Å². The van der Waals surface area contributed by atoms with Crippen molar-refractivity contribution >= 4 is 17.3 Å². The predicted octanol–water partition coefficient (Wildman–Crippen LogP) is 5.72. The molecule has 1 aliphatic rings. The maximum absolute atomic E-state index is 13.2. The first-order chi connectivity index (χ1) is 17.1. The summed E-state index contributed by atoms with van der Waals surface area (Å²) in [6.07, 6.45) is 1.64. The normalized spacial score (nSPS) is 16.7. The summed E-state index contributed by atoms with van der Waals surface area (Å²) in [4.78, 5) is 18.0. The van der Waals surface area contributed by atoms with Crippen LogP contribution < -0.4 is 14.8 Å². The van der Waals surface area contributed by atoms with Crippen LogP contribution in [0.3, 0.4) is 0 Å². The van der Waals surface area contributed by atoms with Crippen LogP contribution in [0, 0.1) is 0 Å². The van der Waals surface area contributed by atoms with Crippen molar-refractivity contribution in [2.45, 2.75) is 25.2 Å². The van der Waals surface area contributed by atoms with E-state index in [1.165, 1.54) is 0 Å². The topological polar surface area (TPSA) is 80.2 Å². The van der Waals surface area contributed by atoms with E-state index in [-0.39, 0.29) is 23.2 Å². The maximum atomic E-state index is 13.2. The number of aliphatic hydroxyl groups excluding tert-OH is 1. The van der Waals surface area contributed by atoms with Gasteiger partial charge in [0.25, 0.3) is 5.91 Å². The predicted molar refractivity (Wildman–Crippen MR) is 139 cm³/mol. The lowest BCUT2D eigenvalue weighted by atomic mass is 9.82. The van der Waals surface area contributed by atoms with Crippen LogP contribution in [0.25, 0.3) is 0 Å². The summed E-state index contributed by atoms with van der Waals surface area (Å²) >= 11 is 0. The van der Waals surface area contributed by atoms with Gasteiger partial charge in [-0.1, -0.05) is 54.6 Å². The van der Waals surface area contributed by atoms with Gasteiger partial charge in [-0.15, -0.1) is 0 Å². The number of methoxy groups -OCH3 is 2. The number of amides is 1. The monoisotopic (exact) mass is 470 g/mol. The fraction of sp³-hybridized carbons (Fsp3) is 0.241. The van der Waals surface area contributed by atoms with E-state index < -0.39 is 0 Å². The van der Waals surface area contributed by atoms with Crippen LogP contribution >= 0.6 is 0 Å². The summed E-state index contributed by atoms with van der Waals surface area (Å²) in [5.41, 5.74) is 3.73. The molecule has 0 saturated heterocycles. The molecule has 35 heavy (non-hydrogen) atoms. The van der Waals surface area contributed by atoms with E-state index in [0.717, 1.165) is 11.1 Å². The van der Waals surface area contributed by atoms with Crippen molar-refractivity contribution in [1.82, 2.24) is 0 Å². The molecule has 4 rings (SSSR count). The van der Waals surface area contributed by atoms with Gasteiger partial charge < -0.3 is 19.9 Å². The largest absolute Gasteiger partial charge is 0.511 e. The maximum Gasteiger partial charge on any atom is 0.260 e. The van der Waals surface area contributed by atoms with Crippen LogP contribution in [0.4, 0.5) is 5.69 Å². The van der Waals surface area contributed by atoms with Crippen molar-refractivity contribution in [3.8, 4) is 11.5 Å². The van der Waals surface area contributed by atoms with Gasteiger partial charge >= 0.3 is 0 Å². The number of carbonyl (C=O) groups is 1. The van der Waals surface area contributed by atoms with Gasteiger partial charge in [-0.2, -0.15) is 0 Å². The molecular weight excluding hydrogens is 440 g/mol. The molecule has 3 aromatic rings. The summed E-state index contributed by atoms with van der Waals surface area (Å²) in [5.74, 6) is 1.13. The van der Waals surface area contributed by atoms with Crippen molar-refractivity contribution in [3.63, 3.8) is 0 Å². The average Bonchev–Trinajstić information content (AvgIpc) is 2.89. The van der Waals surface area contributed by atoms with E-state index >= 15 is 0 Å². The van der Waals surface area contributed by atoms with E-state index in [1.807, 2.05) is 78.9 Å². The zero-order chi connectivity index (χ0) is 24.6. The summed E-state index contributed by atoms with van der Waals surface area (Å²) in [6.45, 7) is 0.474. The molecule has 0 radical (unpaired) electrons. The molecule has 6 nitrogen and oxygen atoms in total. The Morgan fingerprint density at radius 2 is 1.63 bits per heavy atom. The molecule has 0 aromatic heterocycles. The number of rotatable bonds is 8. The Hall–Kier alpha value is -4.06. The highest BCUT2D eigenvalue weighted by Crippen LogP contribution is 2.35. The minimum atomic E-state index is -0.343. The Morgan fingerprint density at radius 3 is 2.31 bits per heavy atom. The van der Waals surface area contributed by atoms with Gasteiger partial charge in [-0.05, 0) is 54.2 Å². The number of hydrogen-bond acceptors (Lipinski definition) is 5. The van der Waals surface area contributed by atoms with Gasteiger partial charge in [-0.3, -0.25) is 9.79 Å². The van der Waals surface area contributed by atoms with Crippen LogP contribution in [0.5, 0.6) is 11.5 Å². The lowest BCUT2D eigenvalue weighted by Crippen LogP contribution is -2.28. The number of para-hydroxylation sites is 1. The summed E-state index contributed by atoms with van der Waals surface area (Å²) < 4.78 is 10.7. The SMILES string of the molecule is COc1ccc(CCN=C2C[C@@H](c3ccccc3)CC(O)=C2C(=O)Nc2ccccc2)cc1OC. The van der Waals surface area contributed by atoms with Crippen molar-refractivity contribution in [1.29, 1.82) is 0 Å². The van der Waals surface area contributed by atoms with E-state index in [4.69, 9.17) is 14.5 Å². The van der Waals surface area contributed by atoms with E-state index in [1.54, 1.807) is 14.2 Å². The third-order valence-corrected chi connectivity index (χ3v) is 6.14. The number of nitrogens with one attached hydrogen (secondary N) is 1. The average molecular weight is 471 g/mol. The van der Waals surface area contributed by atoms with Crippen molar-refractivity contribution in [2.24, 2.45) is 4.99 Å². The van der Waals surface area contributed by atoms with Gasteiger partial charge in [0, 0.05) is 18.7 Å². The minimum Gasteiger partial charge on any atom is -0.511 e. The first kappa shape index (κ1) is 24.1. The van der Waals surface area contributed by atoms with E-state index in [9.17, 15) is 9.90 Å². The molecule has 2 N–H and O–H groups in total. The van der Waals surface area contributed by atoms with Gasteiger partial charge in [-0.25, -0.2) is 0 Å². The van der Waals surface area contributed by atoms with Crippen molar-refractivity contribution in [3.05, 3.63) is 101 Å². The van der Waals surface area contributed by atoms with E-state index in [0.29, 0.717) is 48.7 Å². The van der Waals surface area contributed by atoms with Gasteiger partial charge in [0.2, 0.25) is 0 Å². The molecule has 6 heteroatoms. The number of ether oxygens (including phenoxy) is 2. The Balaban J connectivity index is 1.58. The standard InChI is InChI=1S/C29H30N2O4/c1-34-26-14-13-20(17-27(26)35-2)15-16-30-24-18-22(21-9-5-3-6-10-21)19-25(32)28(24)29(33)31-23-11-7-4-8-12-23/h3-14,17,22,32H,15-16,18-19H2,1-2H3,(H,31,33)/t22-/m1/s1. The number of hydrogen-bond donors (Lipinski definition) is 2. The van der Waals surface area contributed by atoms with Crippen LogP contribution in [-0.2, 0) is 11.2 Å².